The monoisotopic (exact) mass is 408 g/mol. The van der Waals surface area contributed by atoms with E-state index in [2.05, 4.69) is 15.6 Å². The van der Waals surface area contributed by atoms with Crippen molar-refractivity contribution < 1.29 is 14.4 Å². The number of carbonyl (C=O) groups is 3. The van der Waals surface area contributed by atoms with Gasteiger partial charge in [-0.15, -0.1) is 0 Å². The van der Waals surface area contributed by atoms with Crippen molar-refractivity contribution >= 4 is 50.1 Å². The molecule has 0 radical (unpaired) electrons. The molecule has 3 amide bonds. The summed E-state index contributed by atoms with van der Waals surface area (Å²) in [5.41, 5.74) is 1.64. The van der Waals surface area contributed by atoms with Gasteiger partial charge in [-0.1, -0.05) is 41.7 Å². The molecule has 1 saturated heterocycles. The molecular formula is C21H20N4O3S. The molecule has 148 valence electrons. The quantitative estimate of drug-likeness (QED) is 0.656. The second kappa shape index (κ2) is 8.40. The maximum Gasteiger partial charge on any atom is 0.227 e. The Labute approximate surface area is 171 Å². The Morgan fingerprint density at radius 3 is 2.66 bits per heavy atom. The zero-order chi connectivity index (χ0) is 20.2. The third kappa shape index (κ3) is 4.43. The lowest BCUT2D eigenvalue weighted by Gasteiger charge is -2.16. The average Bonchev–Trinajstić information content (AvgIpc) is 3.31. The first-order valence-corrected chi connectivity index (χ1v) is 10.2. The highest BCUT2D eigenvalue weighted by molar-refractivity contribution is 7.22. The van der Waals surface area contributed by atoms with E-state index in [1.165, 1.54) is 11.3 Å². The van der Waals surface area contributed by atoms with E-state index < -0.39 is 5.92 Å². The molecule has 1 aromatic heterocycles. The molecule has 0 spiro atoms. The fourth-order valence-corrected chi connectivity index (χ4v) is 4.17. The molecule has 8 heteroatoms. The number of amides is 3. The lowest BCUT2D eigenvalue weighted by atomic mass is 10.1. The number of nitrogens with zero attached hydrogens (tertiary/aromatic N) is 2. The summed E-state index contributed by atoms with van der Waals surface area (Å²) in [6.45, 7) is 0.568. The zero-order valence-corrected chi connectivity index (χ0v) is 16.4. The fourth-order valence-electron chi connectivity index (χ4n) is 3.29. The number of fused-ring (bicyclic) bond motifs is 1. The van der Waals surface area contributed by atoms with Crippen LogP contribution in [0.1, 0.15) is 12.8 Å². The zero-order valence-electron chi connectivity index (χ0n) is 15.6. The van der Waals surface area contributed by atoms with Crippen LogP contribution in [0.5, 0.6) is 0 Å². The Morgan fingerprint density at radius 2 is 1.86 bits per heavy atom. The van der Waals surface area contributed by atoms with Crippen LogP contribution in [0.2, 0.25) is 0 Å². The van der Waals surface area contributed by atoms with Crippen LogP contribution >= 0.6 is 11.3 Å². The molecule has 1 fully saturated rings. The van der Waals surface area contributed by atoms with Crippen molar-refractivity contribution in [3.63, 3.8) is 0 Å². The molecule has 29 heavy (non-hydrogen) atoms. The van der Waals surface area contributed by atoms with E-state index >= 15 is 0 Å². The van der Waals surface area contributed by atoms with E-state index in [1.807, 2.05) is 54.6 Å². The van der Waals surface area contributed by atoms with Crippen LogP contribution in [0, 0.1) is 5.92 Å². The summed E-state index contributed by atoms with van der Waals surface area (Å²) < 4.78 is 1.00. The molecule has 0 saturated carbocycles. The Bertz CT molecular complexity index is 1020. The number of nitrogens with one attached hydrogen (secondary N) is 2. The van der Waals surface area contributed by atoms with Crippen LogP contribution in [0.4, 0.5) is 10.8 Å². The Kier molecular flexibility index (Phi) is 5.53. The Morgan fingerprint density at radius 1 is 1.10 bits per heavy atom. The number of thiazole rings is 1. The van der Waals surface area contributed by atoms with Crippen molar-refractivity contribution in [3.05, 3.63) is 54.6 Å². The Balaban J connectivity index is 1.24. The predicted octanol–water partition coefficient (Wildman–Crippen LogP) is 2.79. The minimum Gasteiger partial charge on any atom is -0.355 e. The number of hydrogen-bond acceptors (Lipinski definition) is 5. The summed E-state index contributed by atoms with van der Waals surface area (Å²) in [6.07, 6.45) is 0.323. The van der Waals surface area contributed by atoms with Gasteiger partial charge in [0.2, 0.25) is 17.7 Å². The number of aromatic nitrogens is 1. The topological polar surface area (TPSA) is 91.4 Å². The summed E-state index contributed by atoms with van der Waals surface area (Å²) in [7, 11) is 0. The lowest BCUT2D eigenvalue weighted by Crippen LogP contribution is -2.34. The number of para-hydroxylation sites is 2. The average molecular weight is 408 g/mol. The lowest BCUT2D eigenvalue weighted by molar-refractivity contribution is -0.126. The van der Waals surface area contributed by atoms with E-state index in [0.29, 0.717) is 11.7 Å². The third-order valence-corrected chi connectivity index (χ3v) is 5.71. The molecule has 0 unspecified atom stereocenters. The van der Waals surface area contributed by atoms with Crippen molar-refractivity contribution in [2.24, 2.45) is 5.92 Å². The van der Waals surface area contributed by atoms with E-state index in [-0.39, 0.29) is 37.1 Å². The van der Waals surface area contributed by atoms with Gasteiger partial charge in [0.15, 0.2) is 5.13 Å². The first-order valence-electron chi connectivity index (χ1n) is 9.39. The normalized spacial score (nSPS) is 16.2. The van der Waals surface area contributed by atoms with Crippen LogP contribution in [-0.2, 0) is 14.4 Å². The summed E-state index contributed by atoms with van der Waals surface area (Å²) in [6, 6.07) is 17.0. The van der Waals surface area contributed by atoms with Crippen LogP contribution in [0.25, 0.3) is 10.2 Å². The molecule has 1 aliphatic heterocycles. The van der Waals surface area contributed by atoms with Crippen molar-refractivity contribution in [2.75, 3.05) is 23.3 Å². The number of benzene rings is 2. The second-order valence-corrected chi connectivity index (χ2v) is 7.85. The summed E-state index contributed by atoms with van der Waals surface area (Å²) in [4.78, 5) is 42.7. The first-order chi connectivity index (χ1) is 14.1. The molecule has 3 aromatic rings. The molecule has 0 bridgehead atoms. The van der Waals surface area contributed by atoms with Gasteiger partial charge in [0.25, 0.3) is 0 Å². The van der Waals surface area contributed by atoms with Gasteiger partial charge in [-0.3, -0.25) is 14.4 Å². The first kappa shape index (κ1) is 19.1. The number of carbonyl (C=O) groups excluding carboxylic acids is 3. The molecule has 1 atom stereocenters. The van der Waals surface area contributed by atoms with Gasteiger partial charge in [-0.2, -0.15) is 0 Å². The molecule has 2 aromatic carbocycles. The number of rotatable bonds is 6. The third-order valence-electron chi connectivity index (χ3n) is 4.76. The predicted molar refractivity (Wildman–Crippen MR) is 113 cm³/mol. The highest BCUT2D eigenvalue weighted by Crippen LogP contribution is 2.26. The molecule has 1 aliphatic rings. The molecule has 7 nitrogen and oxygen atoms in total. The van der Waals surface area contributed by atoms with Crippen LogP contribution in [0.3, 0.4) is 0 Å². The van der Waals surface area contributed by atoms with Gasteiger partial charge >= 0.3 is 0 Å². The maximum atomic E-state index is 12.4. The maximum absolute atomic E-state index is 12.4. The minimum absolute atomic E-state index is 0.0649. The summed E-state index contributed by atoms with van der Waals surface area (Å²) >= 11 is 1.41. The highest BCUT2D eigenvalue weighted by atomic mass is 32.1. The van der Waals surface area contributed by atoms with E-state index in [1.54, 1.807) is 4.90 Å². The fraction of sp³-hybridized carbons (Fsp3) is 0.238. The smallest absolute Gasteiger partial charge is 0.227 e. The summed E-state index contributed by atoms with van der Waals surface area (Å²) in [5, 5.41) is 6.07. The van der Waals surface area contributed by atoms with Crippen molar-refractivity contribution in [1.29, 1.82) is 0 Å². The molecule has 2 N–H and O–H groups in total. The SMILES string of the molecule is O=C(CCNC(=O)[C@H]1CC(=O)N(c2ccccc2)C1)Nc1nc2ccccc2s1. The van der Waals surface area contributed by atoms with E-state index in [9.17, 15) is 14.4 Å². The molecule has 0 aliphatic carbocycles. The molecular weight excluding hydrogens is 388 g/mol. The van der Waals surface area contributed by atoms with Gasteiger partial charge in [0.1, 0.15) is 0 Å². The van der Waals surface area contributed by atoms with Gasteiger partial charge < -0.3 is 15.5 Å². The van der Waals surface area contributed by atoms with E-state index in [0.717, 1.165) is 15.9 Å². The van der Waals surface area contributed by atoms with Crippen LogP contribution in [0.15, 0.2) is 54.6 Å². The Hall–Kier alpha value is -3.26. The van der Waals surface area contributed by atoms with Gasteiger partial charge in [0, 0.05) is 31.6 Å². The van der Waals surface area contributed by atoms with Crippen molar-refractivity contribution in [3.8, 4) is 0 Å². The largest absolute Gasteiger partial charge is 0.355 e. The van der Waals surface area contributed by atoms with Crippen molar-refractivity contribution in [2.45, 2.75) is 12.8 Å². The minimum atomic E-state index is -0.407. The molecule has 2 heterocycles. The van der Waals surface area contributed by atoms with Gasteiger partial charge in [0.05, 0.1) is 16.1 Å². The second-order valence-electron chi connectivity index (χ2n) is 6.82. The van der Waals surface area contributed by atoms with Crippen molar-refractivity contribution in [1.82, 2.24) is 10.3 Å². The van der Waals surface area contributed by atoms with Crippen LogP contribution in [-0.4, -0.2) is 35.8 Å². The highest BCUT2D eigenvalue weighted by Gasteiger charge is 2.34. The van der Waals surface area contributed by atoms with Gasteiger partial charge in [-0.25, -0.2) is 4.98 Å². The van der Waals surface area contributed by atoms with E-state index in [4.69, 9.17) is 0 Å². The van der Waals surface area contributed by atoms with Gasteiger partial charge in [-0.05, 0) is 24.3 Å². The number of hydrogen-bond donors (Lipinski definition) is 2. The standard InChI is InChI=1S/C21H20N4O3S/c26-18(24-21-23-16-8-4-5-9-17(16)29-21)10-11-22-20(28)14-12-19(27)25(13-14)15-6-2-1-3-7-15/h1-9,14H,10-13H2,(H,22,28)(H,23,24,26)/t14-/m0/s1. The number of anilines is 2. The molecule has 4 rings (SSSR count). The summed E-state index contributed by atoms with van der Waals surface area (Å²) in [5.74, 6) is -0.887. The van der Waals surface area contributed by atoms with Crippen LogP contribution < -0.4 is 15.5 Å².